The summed E-state index contributed by atoms with van der Waals surface area (Å²) >= 11 is 0. The normalized spacial score (nSPS) is 38.6. The fourth-order valence-electron chi connectivity index (χ4n) is 4.64. The molecule has 2 aliphatic rings. The van der Waals surface area contributed by atoms with E-state index >= 15 is 0 Å². The quantitative estimate of drug-likeness (QED) is 0.729. The molecule has 3 nitrogen and oxygen atoms in total. The molecule has 3 unspecified atom stereocenters. The van der Waals surface area contributed by atoms with Crippen LogP contribution < -0.4 is 0 Å². The molecule has 0 N–H and O–H groups in total. The first-order valence-corrected chi connectivity index (χ1v) is 7.23. The van der Waals surface area contributed by atoms with Crippen LogP contribution in [0.3, 0.4) is 0 Å². The second kappa shape index (κ2) is 3.98. The third-order valence-corrected chi connectivity index (χ3v) is 5.81. The van der Waals surface area contributed by atoms with E-state index in [4.69, 9.17) is 0 Å². The Kier molecular flexibility index (Phi) is 3.01. The summed E-state index contributed by atoms with van der Waals surface area (Å²) in [5, 5.41) is 9.80. The van der Waals surface area contributed by atoms with E-state index in [1.54, 1.807) is 19.0 Å². The van der Waals surface area contributed by atoms with E-state index in [9.17, 15) is 10.1 Å². The lowest BCUT2D eigenvalue weighted by Crippen LogP contribution is -2.69. The van der Waals surface area contributed by atoms with Crippen molar-refractivity contribution in [1.82, 2.24) is 4.90 Å². The first kappa shape index (κ1) is 14.4. The van der Waals surface area contributed by atoms with Crippen molar-refractivity contribution in [2.45, 2.75) is 47.0 Å². The molecule has 0 saturated heterocycles. The van der Waals surface area contributed by atoms with E-state index in [-0.39, 0.29) is 22.7 Å². The largest absolute Gasteiger partial charge is 0.347 e. The molecule has 1 amide bonds. The third-order valence-electron chi connectivity index (χ3n) is 5.81. The Morgan fingerprint density at radius 2 is 1.79 bits per heavy atom. The Balaban J connectivity index is 2.43. The highest BCUT2D eigenvalue weighted by molar-refractivity contribution is 5.88. The Labute approximate surface area is 117 Å². The van der Waals surface area contributed by atoms with Crippen molar-refractivity contribution < 1.29 is 4.79 Å². The van der Waals surface area contributed by atoms with Gasteiger partial charge in [0.15, 0.2) is 0 Å². The lowest BCUT2D eigenvalue weighted by Gasteiger charge is -2.67. The minimum absolute atomic E-state index is 0.000972. The molecular weight excluding hydrogens is 236 g/mol. The predicted molar refractivity (Wildman–Crippen MR) is 75.1 cm³/mol. The number of carbonyl (C=O) groups is 1. The zero-order valence-corrected chi connectivity index (χ0v) is 13.1. The molecule has 0 aromatic carbocycles. The summed E-state index contributed by atoms with van der Waals surface area (Å²) < 4.78 is 0. The molecule has 2 fully saturated rings. The molecule has 0 aliphatic heterocycles. The molecule has 106 valence electrons. The van der Waals surface area contributed by atoms with Crippen molar-refractivity contribution in [1.29, 1.82) is 5.26 Å². The van der Waals surface area contributed by atoms with E-state index in [1.165, 1.54) is 6.42 Å². The van der Waals surface area contributed by atoms with Gasteiger partial charge in [0.2, 0.25) is 5.91 Å². The molecule has 0 spiro atoms. The van der Waals surface area contributed by atoms with Crippen molar-refractivity contribution in [2.24, 2.45) is 28.1 Å². The van der Waals surface area contributed by atoms with Gasteiger partial charge in [-0.3, -0.25) is 4.79 Å². The van der Waals surface area contributed by atoms with Crippen molar-refractivity contribution in [2.75, 3.05) is 14.1 Å². The fraction of sp³-hybridized carbons (Fsp3) is 0.875. The minimum Gasteiger partial charge on any atom is -0.347 e. The first-order chi connectivity index (χ1) is 8.60. The van der Waals surface area contributed by atoms with Gasteiger partial charge in [0.1, 0.15) is 5.41 Å². The topological polar surface area (TPSA) is 44.1 Å². The molecule has 0 aromatic heterocycles. The van der Waals surface area contributed by atoms with Gasteiger partial charge in [0.05, 0.1) is 6.07 Å². The highest BCUT2D eigenvalue weighted by atomic mass is 16.2. The van der Waals surface area contributed by atoms with Gasteiger partial charge in [-0.1, -0.05) is 27.7 Å². The van der Waals surface area contributed by atoms with Crippen molar-refractivity contribution in [3.8, 4) is 6.07 Å². The predicted octanol–water partition coefficient (Wildman–Crippen LogP) is 3.07. The number of nitrogens with zero attached hydrogens (tertiary/aromatic N) is 2. The summed E-state index contributed by atoms with van der Waals surface area (Å²) in [7, 11) is 3.53. The number of hydrogen-bond acceptors (Lipinski definition) is 2. The summed E-state index contributed by atoms with van der Waals surface area (Å²) in [5.74, 6) is 0.745. The Hall–Kier alpha value is -1.04. The average Bonchev–Trinajstić information content (AvgIpc) is 2.28. The Morgan fingerprint density at radius 1 is 1.21 bits per heavy atom. The van der Waals surface area contributed by atoms with Crippen LogP contribution in [-0.4, -0.2) is 24.9 Å². The second-order valence-corrected chi connectivity index (χ2v) is 7.96. The van der Waals surface area contributed by atoms with Crippen LogP contribution in [0.4, 0.5) is 0 Å². The molecule has 0 bridgehead atoms. The maximum absolute atomic E-state index is 12.7. The number of hydrogen-bond donors (Lipinski definition) is 0. The maximum atomic E-state index is 12.7. The average molecular weight is 262 g/mol. The van der Waals surface area contributed by atoms with Crippen LogP contribution in [0.25, 0.3) is 0 Å². The number of carbonyl (C=O) groups excluding carboxylic acids is 1. The van der Waals surface area contributed by atoms with Gasteiger partial charge in [-0.2, -0.15) is 5.26 Å². The lowest BCUT2D eigenvalue weighted by atomic mass is 9.35. The van der Waals surface area contributed by atoms with Crippen molar-refractivity contribution >= 4 is 5.91 Å². The molecular formula is C16H26N2O. The monoisotopic (exact) mass is 262 g/mol. The van der Waals surface area contributed by atoms with Crippen LogP contribution in [0.1, 0.15) is 47.0 Å². The van der Waals surface area contributed by atoms with Gasteiger partial charge in [0, 0.05) is 14.1 Å². The van der Waals surface area contributed by atoms with E-state index < -0.39 is 5.41 Å². The lowest BCUT2D eigenvalue weighted by molar-refractivity contribution is -0.204. The minimum atomic E-state index is -0.821. The highest BCUT2D eigenvalue weighted by Gasteiger charge is 2.72. The van der Waals surface area contributed by atoms with Crippen molar-refractivity contribution in [3.63, 3.8) is 0 Å². The first-order valence-electron chi connectivity index (χ1n) is 7.23. The molecule has 3 atom stereocenters. The van der Waals surface area contributed by atoms with E-state index in [1.807, 2.05) is 0 Å². The van der Waals surface area contributed by atoms with E-state index in [0.29, 0.717) is 5.92 Å². The van der Waals surface area contributed by atoms with Gasteiger partial charge in [-0.05, 0) is 41.9 Å². The molecule has 0 radical (unpaired) electrons. The SMILES string of the molecule is CN(C)C(=O)C1(C#N)C2CC(C)(C)CCC2C1(C)C. The fourth-order valence-corrected chi connectivity index (χ4v) is 4.64. The van der Waals surface area contributed by atoms with Gasteiger partial charge in [-0.25, -0.2) is 0 Å². The van der Waals surface area contributed by atoms with Crippen LogP contribution >= 0.6 is 0 Å². The third kappa shape index (κ3) is 1.65. The summed E-state index contributed by atoms with van der Waals surface area (Å²) in [4.78, 5) is 14.3. The molecule has 2 aliphatic carbocycles. The highest BCUT2D eigenvalue weighted by Crippen LogP contribution is 2.71. The summed E-state index contributed by atoms with van der Waals surface area (Å²) in [6.07, 6.45) is 3.35. The van der Waals surface area contributed by atoms with Crippen LogP contribution in [0, 0.1) is 39.4 Å². The summed E-state index contributed by atoms with van der Waals surface area (Å²) in [5.41, 5.74) is -0.768. The van der Waals surface area contributed by atoms with Gasteiger partial charge in [-0.15, -0.1) is 0 Å². The van der Waals surface area contributed by atoms with E-state index in [0.717, 1.165) is 12.8 Å². The van der Waals surface area contributed by atoms with Crippen LogP contribution in [0.15, 0.2) is 0 Å². The molecule has 2 saturated carbocycles. The number of amides is 1. The zero-order chi connectivity index (χ0) is 14.6. The molecule has 3 heteroatoms. The molecule has 0 aromatic rings. The zero-order valence-electron chi connectivity index (χ0n) is 13.1. The standard InChI is InChI=1S/C16H26N2O/c1-14(2)8-7-11-12(9-14)16(10-17,15(11,3)4)13(19)18(5)6/h11-12H,7-9H2,1-6H3. The summed E-state index contributed by atoms with van der Waals surface area (Å²) in [6.45, 7) is 8.74. The molecule has 0 heterocycles. The Bertz CT molecular complexity index is 444. The van der Waals surface area contributed by atoms with Gasteiger partial charge in [0.25, 0.3) is 0 Å². The van der Waals surface area contributed by atoms with Gasteiger partial charge >= 0.3 is 0 Å². The Morgan fingerprint density at radius 3 is 2.26 bits per heavy atom. The van der Waals surface area contributed by atoms with E-state index in [2.05, 4.69) is 33.8 Å². The molecule has 19 heavy (non-hydrogen) atoms. The van der Waals surface area contributed by atoms with Crippen LogP contribution in [0.2, 0.25) is 0 Å². The summed E-state index contributed by atoms with van der Waals surface area (Å²) in [6, 6.07) is 2.43. The van der Waals surface area contributed by atoms with Crippen LogP contribution in [-0.2, 0) is 4.79 Å². The number of nitriles is 1. The smallest absolute Gasteiger partial charge is 0.243 e. The van der Waals surface area contributed by atoms with Crippen LogP contribution in [0.5, 0.6) is 0 Å². The molecule has 2 rings (SSSR count). The number of rotatable bonds is 1. The second-order valence-electron chi connectivity index (χ2n) is 7.96. The van der Waals surface area contributed by atoms with Crippen molar-refractivity contribution in [3.05, 3.63) is 0 Å². The number of fused-ring (bicyclic) bond motifs is 1. The maximum Gasteiger partial charge on any atom is 0.243 e. The van der Waals surface area contributed by atoms with Gasteiger partial charge < -0.3 is 4.90 Å².